The Morgan fingerprint density at radius 3 is 2.33 bits per heavy atom. The minimum atomic E-state index is -0.551. The van der Waals surface area contributed by atoms with Crippen molar-refractivity contribution < 1.29 is 9.59 Å². The number of carbonyl (C=O) groups is 2. The maximum absolute atomic E-state index is 12.6. The van der Waals surface area contributed by atoms with E-state index < -0.39 is 6.04 Å². The quantitative estimate of drug-likeness (QED) is 0.830. The van der Waals surface area contributed by atoms with E-state index in [-0.39, 0.29) is 11.8 Å². The molecule has 1 aliphatic rings. The van der Waals surface area contributed by atoms with Gasteiger partial charge in [0.05, 0.1) is 0 Å². The number of hydrogen-bond donors (Lipinski definition) is 1. The number of carbonyl (C=O) groups excluding carboxylic acids is 2. The molecule has 0 radical (unpaired) electrons. The maximum atomic E-state index is 12.6. The summed E-state index contributed by atoms with van der Waals surface area (Å²) < 4.78 is 0. The van der Waals surface area contributed by atoms with E-state index in [1.165, 1.54) is 17.2 Å². The van der Waals surface area contributed by atoms with Gasteiger partial charge in [-0.2, -0.15) is 0 Å². The van der Waals surface area contributed by atoms with Gasteiger partial charge in [-0.15, -0.1) is 0 Å². The van der Waals surface area contributed by atoms with Crippen molar-refractivity contribution in [2.75, 3.05) is 13.1 Å². The van der Waals surface area contributed by atoms with Gasteiger partial charge >= 0.3 is 0 Å². The third-order valence-corrected chi connectivity index (χ3v) is 4.62. The Hall–Kier alpha value is -3.14. The van der Waals surface area contributed by atoms with Gasteiger partial charge in [0, 0.05) is 19.2 Å². The molecule has 1 aliphatic heterocycles. The summed E-state index contributed by atoms with van der Waals surface area (Å²) >= 11 is 0. The fourth-order valence-electron chi connectivity index (χ4n) is 3.12. The molecular formula is C23H24N2O2. The van der Waals surface area contributed by atoms with Crippen LogP contribution in [0.1, 0.15) is 24.5 Å². The van der Waals surface area contributed by atoms with Crippen molar-refractivity contribution in [1.82, 2.24) is 10.2 Å². The summed E-state index contributed by atoms with van der Waals surface area (Å²) in [6.07, 6.45) is 6.12. The minimum absolute atomic E-state index is 0.0557. The van der Waals surface area contributed by atoms with Crippen molar-refractivity contribution in [2.45, 2.75) is 19.4 Å². The Balaban J connectivity index is 1.53. The van der Waals surface area contributed by atoms with Crippen LogP contribution in [-0.4, -0.2) is 35.8 Å². The number of benzene rings is 2. The normalized spacial score (nSPS) is 15.3. The fraction of sp³-hybridized carbons (Fsp3) is 0.217. The zero-order valence-electron chi connectivity index (χ0n) is 15.5. The maximum Gasteiger partial charge on any atom is 0.245 e. The van der Waals surface area contributed by atoms with E-state index in [4.69, 9.17) is 0 Å². The van der Waals surface area contributed by atoms with E-state index in [0.717, 1.165) is 12.0 Å². The molecule has 1 unspecified atom stereocenters. The molecule has 2 aromatic rings. The molecule has 138 valence electrons. The molecule has 2 aromatic carbocycles. The second-order valence-electron chi connectivity index (χ2n) is 6.60. The predicted molar refractivity (Wildman–Crippen MR) is 109 cm³/mol. The van der Waals surface area contributed by atoms with E-state index in [9.17, 15) is 9.59 Å². The second-order valence-corrected chi connectivity index (χ2v) is 6.60. The van der Waals surface area contributed by atoms with Crippen molar-refractivity contribution in [3.8, 4) is 0 Å². The van der Waals surface area contributed by atoms with Crippen LogP contribution in [0.5, 0.6) is 0 Å². The van der Waals surface area contributed by atoms with Gasteiger partial charge in [0.1, 0.15) is 6.04 Å². The van der Waals surface area contributed by atoms with E-state index in [0.29, 0.717) is 13.1 Å². The van der Waals surface area contributed by atoms with Crippen molar-refractivity contribution in [3.63, 3.8) is 0 Å². The highest BCUT2D eigenvalue weighted by Crippen LogP contribution is 2.22. The third kappa shape index (κ3) is 5.17. The van der Waals surface area contributed by atoms with Crippen LogP contribution in [0.25, 0.3) is 11.6 Å². The van der Waals surface area contributed by atoms with Gasteiger partial charge in [0.2, 0.25) is 11.8 Å². The molecule has 4 heteroatoms. The van der Waals surface area contributed by atoms with Gasteiger partial charge < -0.3 is 10.2 Å². The fourth-order valence-corrected chi connectivity index (χ4v) is 3.12. The van der Waals surface area contributed by atoms with Gasteiger partial charge in [0.25, 0.3) is 0 Å². The lowest BCUT2D eigenvalue weighted by atomic mass is 9.99. The Kier molecular flexibility index (Phi) is 6.21. The zero-order chi connectivity index (χ0) is 19.1. The topological polar surface area (TPSA) is 49.4 Å². The largest absolute Gasteiger partial charge is 0.341 e. The van der Waals surface area contributed by atoms with Gasteiger partial charge in [-0.25, -0.2) is 0 Å². The number of nitrogens with one attached hydrogen (secondary N) is 1. The smallest absolute Gasteiger partial charge is 0.245 e. The molecule has 0 bridgehead atoms. The first-order chi connectivity index (χ1) is 13.1. The first-order valence-corrected chi connectivity index (χ1v) is 9.20. The second kappa shape index (κ2) is 8.99. The molecule has 0 aromatic heterocycles. The van der Waals surface area contributed by atoms with Gasteiger partial charge in [-0.05, 0) is 36.1 Å². The molecular weight excluding hydrogens is 336 g/mol. The number of nitrogens with zero attached hydrogens (tertiary/aromatic N) is 1. The molecule has 4 nitrogen and oxygen atoms in total. The van der Waals surface area contributed by atoms with Crippen LogP contribution in [0.15, 0.2) is 72.8 Å². The van der Waals surface area contributed by atoms with E-state index >= 15 is 0 Å². The highest BCUT2D eigenvalue weighted by Gasteiger charge is 2.23. The summed E-state index contributed by atoms with van der Waals surface area (Å²) in [7, 11) is 0. The molecule has 1 N–H and O–H groups in total. The van der Waals surface area contributed by atoms with Crippen LogP contribution >= 0.6 is 0 Å². The first kappa shape index (κ1) is 18.6. The lowest BCUT2D eigenvalue weighted by molar-refractivity contribution is -0.134. The molecule has 1 atom stereocenters. The molecule has 0 saturated heterocycles. The molecule has 0 spiro atoms. The van der Waals surface area contributed by atoms with Crippen LogP contribution in [0.3, 0.4) is 0 Å². The van der Waals surface area contributed by atoms with Crippen LogP contribution in [0, 0.1) is 0 Å². The van der Waals surface area contributed by atoms with Crippen molar-refractivity contribution in [3.05, 3.63) is 83.9 Å². The number of hydrogen-bond acceptors (Lipinski definition) is 2. The molecule has 27 heavy (non-hydrogen) atoms. The Morgan fingerprint density at radius 1 is 1.04 bits per heavy atom. The molecule has 0 fully saturated rings. The van der Waals surface area contributed by atoms with Gasteiger partial charge in [-0.3, -0.25) is 9.59 Å². The Labute approximate surface area is 160 Å². The molecule has 0 saturated carbocycles. The molecule has 3 rings (SSSR count). The van der Waals surface area contributed by atoms with Crippen LogP contribution in [-0.2, 0) is 9.59 Å². The summed E-state index contributed by atoms with van der Waals surface area (Å²) in [5.41, 5.74) is 3.42. The summed E-state index contributed by atoms with van der Waals surface area (Å²) in [6, 6.07) is 19.3. The zero-order valence-corrected chi connectivity index (χ0v) is 15.5. The minimum Gasteiger partial charge on any atom is -0.341 e. The standard InChI is InChI=1S/C23H24N2O2/c1-18(24-22(26)13-12-19-8-4-2-5-9-19)23(27)25-16-14-21(15-17-25)20-10-6-3-7-11-20/h2-14,18H,15-17H2,1H3,(H,24,26)/b13-12+. The van der Waals surface area contributed by atoms with Crippen molar-refractivity contribution >= 4 is 23.5 Å². The summed E-state index contributed by atoms with van der Waals surface area (Å²) in [5.74, 6) is -0.322. The molecule has 2 amide bonds. The van der Waals surface area contributed by atoms with E-state index in [1.807, 2.05) is 48.5 Å². The summed E-state index contributed by atoms with van der Waals surface area (Å²) in [4.78, 5) is 26.5. The van der Waals surface area contributed by atoms with Crippen LogP contribution in [0.4, 0.5) is 0 Å². The predicted octanol–water partition coefficient (Wildman–Crippen LogP) is 3.52. The van der Waals surface area contributed by atoms with Crippen molar-refractivity contribution in [2.24, 2.45) is 0 Å². The van der Waals surface area contributed by atoms with Gasteiger partial charge in [-0.1, -0.05) is 66.7 Å². The number of amides is 2. The highest BCUT2D eigenvalue weighted by molar-refractivity contribution is 5.95. The van der Waals surface area contributed by atoms with Gasteiger partial charge in [0.15, 0.2) is 0 Å². The van der Waals surface area contributed by atoms with Crippen LogP contribution < -0.4 is 5.32 Å². The monoisotopic (exact) mass is 360 g/mol. The lowest BCUT2D eigenvalue weighted by Gasteiger charge is -2.29. The van der Waals surface area contributed by atoms with E-state index in [1.54, 1.807) is 17.9 Å². The Morgan fingerprint density at radius 2 is 1.70 bits per heavy atom. The first-order valence-electron chi connectivity index (χ1n) is 9.20. The van der Waals surface area contributed by atoms with Crippen molar-refractivity contribution in [1.29, 1.82) is 0 Å². The highest BCUT2D eigenvalue weighted by atomic mass is 16.2. The third-order valence-electron chi connectivity index (χ3n) is 4.62. The van der Waals surface area contributed by atoms with Crippen LogP contribution in [0.2, 0.25) is 0 Å². The summed E-state index contributed by atoms with van der Waals surface area (Å²) in [6.45, 7) is 2.97. The summed E-state index contributed by atoms with van der Waals surface area (Å²) in [5, 5.41) is 2.75. The number of rotatable bonds is 5. The average molecular weight is 360 g/mol. The Bertz CT molecular complexity index is 841. The SMILES string of the molecule is CC(NC(=O)/C=C/c1ccccc1)C(=O)N1CC=C(c2ccccc2)CC1. The average Bonchev–Trinajstić information content (AvgIpc) is 2.73. The lowest BCUT2D eigenvalue weighted by Crippen LogP contribution is -2.47. The molecule has 0 aliphatic carbocycles. The van der Waals surface area contributed by atoms with E-state index in [2.05, 4.69) is 23.5 Å². The molecule has 1 heterocycles.